The molecule has 14 atom stereocenters. The molecule has 101 heavy (non-hydrogen) atoms. The van der Waals surface area contributed by atoms with E-state index in [1.165, 1.54) is 41.9 Å². The lowest BCUT2D eigenvalue weighted by molar-refractivity contribution is -0.237. The zero-order valence-corrected chi connectivity index (χ0v) is 57.5. The molecule has 5 aromatic carbocycles. The first-order valence-corrected chi connectivity index (χ1v) is 31.8. The average molecular weight is 1420 g/mol. The summed E-state index contributed by atoms with van der Waals surface area (Å²) in [5.41, 5.74) is 13.1. The van der Waals surface area contributed by atoms with Gasteiger partial charge in [-0.05, 0) is 27.8 Å². The second kappa shape index (κ2) is 47.5. The number of Topliss-reactive ketones (excluding diaryl/α,β-unsaturated/α-hetero) is 1. The van der Waals surface area contributed by atoms with Crippen LogP contribution >= 0.6 is 0 Å². The summed E-state index contributed by atoms with van der Waals surface area (Å²) in [6.07, 6.45) is -6.25. The number of carbonyl (C=O) groups excluding carboxylic acids is 7. The maximum atomic E-state index is 12.6. The summed E-state index contributed by atoms with van der Waals surface area (Å²) in [6, 6.07) is 47.0. The van der Waals surface area contributed by atoms with E-state index in [1.54, 1.807) is 19.2 Å². The normalized spacial score (nSPS) is 24.0. The van der Waals surface area contributed by atoms with Gasteiger partial charge >= 0.3 is 35.8 Å². The van der Waals surface area contributed by atoms with E-state index < -0.39 is 91.0 Å². The molecular weight excluding hydrogens is 1320 g/mol. The third-order valence-electron chi connectivity index (χ3n) is 15.4. The maximum absolute atomic E-state index is 12.6. The van der Waals surface area contributed by atoms with Gasteiger partial charge in [0.25, 0.3) is 0 Å². The topological polar surface area (TPSA) is 433 Å². The van der Waals surface area contributed by atoms with E-state index in [1.807, 2.05) is 140 Å². The fourth-order valence-corrected chi connectivity index (χ4v) is 10.5. The first kappa shape index (κ1) is 86.6. The van der Waals surface area contributed by atoms with Gasteiger partial charge in [0.15, 0.2) is 30.4 Å². The molecule has 30 heteroatoms. The van der Waals surface area contributed by atoms with Gasteiger partial charge in [-0.3, -0.25) is 24.0 Å². The van der Waals surface area contributed by atoms with Gasteiger partial charge in [-0.2, -0.15) is 0 Å². The summed E-state index contributed by atoms with van der Waals surface area (Å²) in [5, 5.41) is 17.4. The molecule has 0 bridgehead atoms. The molecule has 5 aromatic rings. The fourth-order valence-electron chi connectivity index (χ4n) is 10.5. The number of ketones is 1. The number of carbonyl (C=O) groups is 7. The lowest BCUT2D eigenvalue weighted by atomic mass is 9.99. The van der Waals surface area contributed by atoms with E-state index in [0.717, 1.165) is 22.3 Å². The molecule has 4 saturated heterocycles. The highest BCUT2D eigenvalue weighted by Gasteiger charge is 2.46. The number of hydrogen-bond acceptors (Lipinski definition) is 25. The van der Waals surface area contributed by atoms with Crippen molar-refractivity contribution in [1.82, 2.24) is 5.32 Å². The van der Waals surface area contributed by atoms with Crippen LogP contribution in [0.3, 0.4) is 0 Å². The molecule has 8 N–H and O–H groups in total. The third kappa shape index (κ3) is 30.6. The van der Waals surface area contributed by atoms with Crippen LogP contribution in [0.1, 0.15) is 79.6 Å². The minimum absolute atomic E-state index is 0. The Morgan fingerprint density at radius 1 is 0.515 bits per heavy atom. The molecule has 9 rings (SSSR count). The number of nitrogens with one attached hydrogen (secondary N) is 1. The lowest BCUT2D eigenvalue weighted by Crippen LogP contribution is -2.58. The molecule has 0 amide bonds. The Balaban J connectivity index is 0.000000353. The number of methoxy groups -OCH3 is 3. The van der Waals surface area contributed by atoms with Crippen molar-refractivity contribution < 1.29 is 126 Å². The van der Waals surface area contributed by atoms with Crippen molar-refractivity contribution in [1.29, 1.82) is 0 Å². The number of ether oxygens (including phenoxy) is 15. The SMILES string of the molecule is CC(=O)OCC1CC(OC(C)=O)C(N=[N+]=[N-])CO1.COC(=O)C1CC(OCc2ccccc2)C(OC(C)=O)CO1.COC(=O)C1OCC(OCc2ccccc2)C(OCc2ccccc2)[C@@H]1O.CO[C@H]1OC(COC(C)=O)CC(OCc2ccccc2)C1NCC(=O)c1ccccc1.O.O.O. The fraction of sp³-hybridized carbons (Fsp3) is 0.479. The van der Waals surface area contributed by atoms with E-state index in [9.17, 15) is 38.7 Å². The summed E-state index contributed by atoms with van der Waals surface area (Å²) in [7, 11) is 4.11. The van der Waals surface area contributed by atoms with Crippen LogP contribution in [0.4, 0.5) is 0 Å². The molecule has 0 saturated carbocycles. The molecular formula is C71H94N4O26. The molecule has 4 aliphatic heterocycles. The van der Waals surface area contributed by atoms with Gasteiger partial charge in [0.05, 0.1) is 97.4 Å². The number of azide groups is 1. The Hall–Kier alpha value is -8.66. The van der Waals surface area contributed by atoms with Crippen LogP contribution in [0, 0.1) is 0 Å². The first-order valence-electron chi connectivity index (χ1n) is 31.8. The standard InChI is InChI=1S/C24H29NO6.C21H24O6.C16H20O6.C10H15N3O5.3H2O/c1-17(26)29-16-20-13-22(30-15-18-9-5-3-6-10-18)23(24(28-2)31-20)25-14-21(27)19-11-7-4-8-12-19;1-24-21(23)20-18(22)19(26-13-16-10-6-3-7-11-16)17(14-27-20)25-12-15-8-4-2-5-9-15;1-11(17)22-15-10-21-14(16(18)19-2)8-13(15)20-9-12-6-4-3-5-7-12;1-6(14)16-4-8-3-10(18-7(2)15)9(5-17-8)12-13-11;;;/h3-12,20,22-25H,13-16H2,1-2H3;2-11,17-20,22H,12-14H2,1H3;3-7,13-15H,8-10H2,1-2H3;8-10H,3-5H2,1-2H3;3*1H2/t20?,22?,23?,24-;17?,18-,19?,20?;;;;;/m00...../s1. The third-order valence-corrected chi connectivity index (χ3v) is 15.4. The van der Waals surface area contributed by atoms with Crippen LogP contribution in [0.15, 0.2) is 157 Å². The highest BCUT2D eigenvalue weighted by atomic mass is 16.7. The molecule has 4 heterocycles. The molecule has 0 radical (unpaired) electrons. The van der Waals surface area contributed by atoms with E-state index in [4.69, 9.17) is 71.8 Å². The summed E-state index contributed by atoms with van der Waals surface area (Å²) >= 11 is 0. The van der Waals surface area contributed by atoms with Crippen molar-refractivity contribution in [2.24, 2.45) is 5.11 Å². The van der Waals surface area contributed by atoms with Gasteiger partial charge in [0, 0.05) is 64.5 Å². The molecule has 4 fully saturated rings. The van der Waals surface area contributed by atoms with Gasteiger partial charge in [-0.25, -0.2) is 9.59 Å². The summed E-state index contributed by atoms with van der Waals surface area (Å²) < 4.78 is 81.4. The van der Waals surface area contributed by atoms with Crippen LogP contribution in [0.5, 0.6) is 0 Å². The van der Waals surface area contributed by atoms with Crippen molar-refractivity contribution in [2.45, 2.75) is 159 Å². The second-order valence-electron chi connectivity index (χ2n) is 22.8. The quantitative estimate of drug-likeness (QED) is 0.0188. The van der Waals surface area contributed by atoms with Crippen LogP contribution in [0.25, 0.3) is 10.4 Å². The highest BCUT2D eigenvalue weighted by Crippen LogP contribution is 2.28. The zero-order valence-electron chi connectivity index (χ0n) is 57.5. The summed E-state index contributed by atoms with van der Waals surface area (Å²) in [6.45, 7) is 7.42. The van der Waals surface area contributed by atoms with E-state index in [0.29, 0.717) is 44.8 Å². The lowest BCUT2D eigenvalue weighted by Gasteiger charge is -2.41. The maximum Gasteiger partial charge on any atom is 0.337 e. The van der Waals surface area contributed by atoms with Crippen molar-refractivity contribution >= 4 is 41.6 Å². The smallest absolute Gasteiger partial charge is 0.337 e. The molecule has 30 nitrogen and oxygen atoms in total. The Kier molecular flexibility index (Phi) is 40.7. The Morgan fingerprint density at radius 3 is 1.44 bits per heavy atom. The van der Waals surface area contributed by atoms with Crippen molar-refractivity contribution in [2.75, 3.05) is 60.9 Å². The van der Waals surface area contributed by atoms with E-state index in [2.05, 4.69) is 20.1 Å². The van der Waals surface area contributed by atoms with Gasteiger partial charge < -0.3 is 97.9 Å². The van der Waals surface area contributed by atoms with Crippen molar-refractivity contribution in [3.05, 3.63) is 190 Å². The predicted octanol–water partition coefficient (Wildman–Crippen LogP) is 4.77. The van der Waals surface area contributed by atoms with E-state index >= 15 is 0 Å². The van der Waals surface area contributed by atoms with Gasteiger partial charge in [-0.1, -0.05) is 157 Å². The summed E-state index contributed by atoms with van der Waals surface area (Å²) in [4.78, 5) is 82.8. The van der Waals surface area contributed by atoms with Crippen LogP contribution in [0.2, 0.25) is 0 Å². The molecule has 554 valence electrons. The van der Waals surface area contributed by atoms with Crippen molar-refractivity contribution in [3.63, 3.8) is 0 Å². The number of aliphatic hydroxyl groups excluding tert-OH is 1. The molecule has 0 aliphatic carbocycles. The minimum atomic E-state index is -1.18. The monoisotopic (exact) mass is 1420 g/mol. The number of benzene rings is 5. The molecule has 12 unspecified atom stereocenters. The van der Waals surface area contributed by atoms with Crippen LogP contribution in [-0.2, 0) is 126 Å². The number of aliphatic hydroxyl groups is 1. The number of nitrogens with zero attached hydrogens (tertiary/aromatic N) is 3. The number of hydrogen-bond donors (Lipinski definition) is 2. The second-order valence-corrected chi connectivity index (χ2v) is 22.8. The predicted molar refractivity (Wildman–Crippen MR) is 360 cm³/mol. The first-order chi connectivity index (χ1) is 47.4. The molecule has 4 aliphatic rings. The largest absolute Gasteiger partial charge is 0.467 e. The average Bonchev–Trinajstić information content (AvgIpc) is 0.834. The minimum Gasteiger partial charge on any atom is -0.467 e. The van der Waals surface area contributed by atoms with Crippen LogP contribution < -0.4 is 5.32 Å². The number of esters is 6. The van der Waals surface area contributed by atoms with Gasteiger partial charge in [0.1, 0.15) is 43.7 Å². The number of rotatable bonds is 26. The molecule has 0 spiro atoms. The van der Waals surface area contributed by atoms with Crippen LogP contribution in [-0.4, -0.2) is 210 Å². The van der Waals surface area contributed by atoms with Crippen molar-refractivity contribution in [3.8, 4) is 0 Å². The summed E-state index contributed by atoms with van der Waals surface area (Å²) in [5.74, 6) is -2.73. The van der Waals surface area contributed by atoms with Gasteiger partial charge in [0.2, 0.25) is 0 Å². The Morgan fingerprint density at radius 2 is 0.960 bits per heavy atom. The Bertz CT molecular complexity index is 3250. The molecule has 0 aromatic heterocycles. The highest BCUT2D eigenvalue weighted by molar-refractivity contribution is 5.97. The van der Waals surface area contributed by atoms with E-state index in [-0.39, 0.29) is 98.5 Å². The van der Waals surface area contributed by atoms with Gasteiger partial charge in [-0.15, -0.1) is 0 Å². The zero-order chi connectivity index (χ0) is 70.6. The Labute approximate surface area is 585 Å².